The Morgan fingerprint density at radius 2 is 2.04 bits per heavy atom. The Balaban J connectivity index is 1.61. The fourth-order valence-corrected chi connectivity index (χ4v) is 4.05. The predicted molar refractivity (Wildman–Crippen MR) is 99.5 cm³/mol. The highest BCUT2D eigenvalue weighted by molar-refractivity contribution is 8.00. The van der Waals surface area contributed by atoms with Crippen molar-refractivity contribution in [1.82, 2.24) is 4.98 Å². The van der Waals surface area contributed by atoms with E-state index in [0.29, 0.717) is 10.6 Å². The van der Waals surface area contributed by atoms with Gasteiger partial charge in [0.15, 0.2) is 17.5 Å². The summed E-state index contributed by atoms with van der Waals surface area (Å²) in [5.41, 5.74) is 0.672. The monoisotopic (exact) mass is 381 g/mol. The number of halogens is 2. The van der Waals surface area contributed by atoms with Gasteiger partial charge < -0.3 is 10.2 Å². The molecule has 0 aliphatic carbocycles. The third kappa shape index (κ3) is 4.85. The molecule has 132 valence electrons. The lowest BCUT2D eigenvalue weighted by molar-refractivity contribution is -0.113. The zero-order chi connectivity index (χ0) is 17.6. The van der Waals surface area contributed by atoms with Gasteiger partial charge in [-0.3, -0.25) is 4.79 Å². The highest BCUT2D eigenvalue weighted by Crippen LogP contribution is 2.26. The highest BCUT2D eigenvalue weighted by Gasteiger charge is 2.17. The largest absolute Gasteiger partial charge is 0.353 e. The molecule has 1 fully saturated rings. The van der Waals surface area contributed by atoms with Gasteiger partial charge in [0.25, 0.3) is 0 Å². The van der Waals surface area contributed by atoms with Crippen LogP contribution < -0.4 is 10.2 Å². The van der Waals surface area contributed by atoms with Crippen molar-refractivity contribution in [1.29, 1.82) is 0 Å². The fraction of sp³-hybridized carbons (Fsp3) is 0.294. The smallest absolute Gasteiger partial charge is 0.234 e. The van der Waals surface area contributed by atoms with Crippen molar-refractivity contribution >= 4 is 40.9 Å². The standard InChI is InChI=1S/C17H17F2N3OS2/c18-13-4-3-12(10-14(13)19)25-11-16(23)21-15-2-1-5-20-17(15)22-6-8-24-9-7-22/h1-5,10H,6-9,11H2,(H,21,23). The van der Waals surface area contributed by atoms with E-state index in [-0.39, 0.29) is 11.7 Å². The van der Waals surface area contributed by atoms with Crippen LogP contribution >= 0.6 is 23.5 Å². The number of anilines is 2. The number of carbonyl (C=O) groups is 1. The molecule has 1 aromatic carbocycles. The van der Waals surface area contributed by atoms with E-state index in [1.54, 1.807) is 12.3 Å². The second kappa shape index (κ2) is 8.53. The van der Waals surface area contributed by atoms with Crippen LogP contribution in [0.2, 0.25) is 0 Å². The summed E-state index contributed by atoms with van der Waals surface area (Å²) < 4.78 is 26.1. The van der Waals surface area contributed by atoms with Crippen LogP contribution in [0.3, 0.4) is 0 Å². The van der Waals surface area contributed by atoms with Crippen molar-refractivity contribution in [2.45, 2.75) is 4.90 Å². The first kappa shape index (κ1) is 18.0. The van der Waals surface area contributed by atoms with Gasteiger partial charge in [-0.1, -0.05) is 0 Å². The number of nitrogens with zero attached hydrogens (tertiary/aromatic N) is 2. The maximum Gasteiger partial charge on any atom is 0.234 e. The third-order valence-corrected chi connectivity index (χ3v) is 5.57. The fourth-order valence-electron chi connectivity index (χ4n) is 2.42. The molecule has 25 heavy (non-hydrogen) atoms. The van der Waals surface area contributed by atoms with Crippen LogP contribution in [0.4, 0.5) is 20.3 Å². The van der Waals surface area contributed by atoms with Crippen LogP contribution in [0.5, 0.6) is 0 Å². The molecule has 4 nitrogen and oxygen atoms in total. The number of thioether (sulfide) groups is 2. The summed E-state index contributed by atoms with van der Waals surface area (Å²) in [6.07, 6.45) is 1.71. The average molecular weight is 381 g/mol. The molecule has 0 unspecified atom stereocenters. The highest BCUT2D eigenvalue weighted by atomic mass is 32.2. The number of nitrogens with one attached hydrogen (secondary N) is 1. The lowest BCUT2D eigenvalue weighted by Crippen LogP contribution is -2.34. The van der Waals surface area contributed by atoms with Crippen molar-refractivity contribution in [2.24, 2.45) is 0 Å². The van der Waals surface area contributed by atoms with E-state index in [1.165, 1.54) is 6.07 Å². The van der Waals surface area contributed by atoms with Crippen LogP contribution in [0.25, 0.3) is 0 Å². The SMILES string of the molecule is O=C(CSc1ccc(F)c(F)c1)Nc1cccnc1N1CCSCC1. The molecule has 3 rings (SSSR count). The van der Waals surface area contributed by atoms with E-state index in [2.05, 4.69) is 15.2 Å². The van der Waals surface area contributed by atoms with Crippen molar-refractivity contribution in [3.8, 4) is 0 Å². The van der Waals surface area contributed by atoms with Gasteiger partial charge in [0, 0.05) is 35.7 Å². The number of aromatic nitrogens is 1. The quantitative estimate of drug-likeness (QED) is 0.801. The minimum absolute atomic E-state index is 0.106. The summed E-state index contributed by atoms with van der Waals surface area (Å²) in [4.78, 5) is 19.3. The van der Waals surface area contributed by atoms with Gasteiger partial charge >= 0.3 is 0 Å². The zero-order valence-electron chi connectivity index (χ0n) is 13.4. The molecule has 1 aromatic heterocycles. The second-order valence-electron chi connectivity index (χ2n) is 5.39. The molecule has 2 heterocycles. The van der Waals surface area contributed by atoms with E-state index in [1.807, 2.05) is 17.8 Å². The molecule has 1 N–H and O–H groups in total. The molecule has 0 saturated carbocycles. The minimum atomic E-state index is -0.914. The molecule has 0 atom stereocenters. The first-order chi connectivity index (χ1) is 12.1. The molecule has 0 bridgehead atoms. The van der Waals surface area contributed by atoms with Gasteiger partial charge in [0.05, 0.1) is 11.4 Å². The maximum atomic E-state index is 13.2. The van der Waals surface area contributed by atoms with E-state index in [9.17, 15) is 13.6 Å². The molecule has 1 amide bonds. The summed E-state index contributed by atoms with van der Waals surface area (Å²) in [7, 11) is 0. The van der Waals surface area contributed by atoms with Gasteiger partial charge in [-0.2, -0.15) is 11.8 Å². The van der Waals surface area contributed by atoms with Crippen molar-refractivity contribution in [3.05, 3.63) is 48.2 Å². The summed E-state index contributed by atoms with van der Waals surface area (Å²) in [5.74, 6) is 0.932. The lowest BCUT2D eigenvalue weighted by atomic mass is 10.3. The maximum absolute atomic E-state index is 13.2. The first-order valence-electron chi connectivity index (χ1n) is 7.79. The number of hydrogen-bond donors (Lipinski definition) is 1. The summed E-state index contributed by atoms with van der Waals surface area (Å²) in [5, 5.41) is 2.87. The Labute approximate surface area is 153 Å². The molecule has 1 aliphatic rings. The van der Waals surface area contributed by atoms with Crippen molar-refractivity contribution < 1.29 is 13.6 Å². The number of hydrogen-bond acceptors (Lipinski definition) is 5. The third-order valence-electron chi connectivity index (χ3n) is 3.63. The van der Waals surface area contributed by atoms with Gasteiger partial charge in [0.2, 0.25) is 5.91 Å². The van der Waals surface area contributed by atoms with Gasteiger partial charge in [-0.25, -0.2) is 13.8 Å². The number of carbonyl (C=O) groups excluding carboxylic acids is 1. The van der Waals surface area contributed by atoms with Crippen molar-refractivity contribution in [3.63, 3.8) is 0 Å². The van der Waals surface area contributed by atoms with Gasteiger partial charge in [-0.05, 0) is 30.3 Å². The average Bonchev–Trinajstić information content (AvgIpc) is 2.64. The van der Waals surface area contributed by atoms with Gasteiger partial charge in [0.1, 0.15) is 0 Å². The van der Waals surface area contributed by atoms with Crippen molar-refractivity contribution in [2.75, 3.05) is 40.6 Å². The van der Waals surface area contributed by atoms with E-state index < -0.39 is 11.6 Å². The summed E-state index contributed by atoms with van der Waals surface area (Å²) in [6.45, 7) is 1.79. The van der Waals surface area contributed by atoms with Crippen LogP contribution in [-0.2, 0) is 4.79 Å². The lowest BCUT2D eigenvalue weighted by Gasteiger charge is -2.29. The Morgan fingerprint density at radius 3 is 2.80 bits per heavy atom. The van der Waals surface area contributed by atoms with Crippen LogP contribution in [0, 0.1) is 11.6 Å². The Bertz CT molecular complexity index is 754. The number of pyridine rings is 1. The van der Waals surface area contributed by atoms with Gasteiger partial charge in [-0.15, -0.1) is 11.8 Å². The Kier molecular flexibility index (Phi) is 6.14. The molecule has 1 aliphatic heterocycles. The Hall–Kier alpha value is -1.80. The first-order valence-corrected chi connectivity index (χ1v) is 9.93. The van der Waals surface area contributed by atoms with E-state index >= 15 is 0 Å². The minimum Gasteiger partial charge on any atom is -0.353 e. The molecule has 0 spiro atoms. The molecule has 0 radical (unpaired) electrons. The van der Waals surface area contributed by atoms with E-state index in [4.69, 9.17) is 0 Å². The van der Waals surface area contributed by atoms with E-state index in [0.717, 1.165) is 54.3 Å². The topological polar surface area (TPSA) is 45.2 Å². The summed E-state index contributed by atoms with van der Waals surface area (Å²) in [6, 6.07) is 7.21. The van der Waals surface area contributed by atoms with Crippen LogP contribution in [0.15, 0.2) is 41.4 Å². The normalized spacial score (nSPS) is 14.4. The predicted octanol–water partition coefficient (Wildman–Crippen LogP) is 3.64. The molecule has 1 saturated heterocycles. The molecule has 8 heteroatoms. The van der Waals surface area contributed by atoms with Crippen LogP contribution in [0.1, 0.15) is 0 Å². The summed E-state index contributed by atoms with van der Waals surface area (Å²) >= 11 is 3.06. The van der Waals surface area contributed by atoms with Crippen LogP contribution in [-0.4, -0.2) is 41.2 Å². The molecular formula is C17H17F2N3OS2. The molecule has 2 aromatic rings. The second-order valence-corrected chi connectivity index (χ2v) is 7.66. The zero-order valence-corrected chi connectivity index (χ0v) is 15.0. The Morgan fingerprint density at radius 1 is 1.24 bits per heavy atom. The number of rotatable bonds is 5. The number of benzene rings is 1. The number of amides is 1. The molecular weight excluding hydrogens is 364 g/mol.